The van der Waals surface area contributed by atoms with E-state index in [0.29, 0.717) is 18.8 Å². The smallest absolute Gasteiger partial charge is 0.248 e. The third-order valence-electron chi connectivity index (χ3n) is 4.31. The van der Waals surface area contributed by atoms with Crippen LogP contribution in [0.25, 0.3) is 6.08 Å². The SMILES string of the molecule is Cc1ccc(/C=C/C(=O)Nc2cccc(S(=O)(=O)N3CCCC3)c2)cc1. The van der Waals surface area contributed by atoms with E-state index in [4.69, 9.17) is 0 Å². The number of nitrogens with zero attached hydrogens (tertiary/aromatic N) is 1. The van der Waals surface area contributed by atoms with E-state index in [1.165, 1.54) is 16.4 Å². The Bertz CT molecular complexity index is 912. The van der Waals surface area contributed by atoms with Gasteiger partial charge in [-0.3, -0.25) is 4.79 Å². The van der Waals surface area contributed by atoms with Gasteiger partial charge in [0.1, 0.15) is 0 Å². The predicted octanol–water partition coefficient (Wildman–Crippen LogP) is 3.43. The molecular weight excluding hydrogens is 348 g/mol. The molecule has 0 bridgehead atoms. The van der Waals surface area contributed by atoms with Crippen molar-refractivity contribution < 1.29 is 13.2 Å². The Morgan fingerprint density at radius 3 is 2.46 bits per heavy atom. The highest BCUT2D eigenvalue weighted by Crippen LogP contribution is 2.23. The summed E-state index contributed by atoms with van der Waals surface area (Å²) in [4.78, 5) is 12.3. The fraction of sp³-hybridized carbons (Fsp3) is 0.250. The molecule has 2 aromatic rings. The molecule has 2 aromatic carbocycles. The number of carbonyl (C=O) groups is 1. The number of amides is 1. The minimum absolute atomic E-state index is 0.208. The van der Waals surface area contributed by atoms with Crippen LogP contribution >= 0.6 is 0 Å². The van der Waals surface area contributed by atoms with Crippen molar-refractivity contribution in [2.45, 2.75) is 24.7 Å². The Kier molecular flexibility index (Phi) is 5.54. The third-order valence-corrected chi connectivity index (χ3v) is 6.20. The topological polar surface area (TPSA) is 66.5 Å². The van der Waals surface area contributed by atoms with Crippen LogP contribution in [0.15, 0.2) is 59.5 Å². The van der Waals surface area contributed by atoms with Gasteiger partial charge in [-0.05, 0) is 49.6 Å². The van der Waals surface area contributed by atoms with Gasteiger partial charge in [-0.1, -0.05) is 35.9 Å². The molecular formula is C20H22N2O3S. The van der Waals surface area contributed by atoms with Crippen LogP contribution in [0.2, 0.25) is 0 Å². The average molecular weight is 370 g/mol. The molecule has 1 N–H and O–H groups in total. The van der Waals surface area contributed by atoms with Gasteiger partial charge in [0.05, 0.1) is 4.90 Å². The summed E-state index contributed by atoms with van der Waals surface area (Å²) < 4.78 is 26.7. The Balaban J connectivity index is 1.70. The van der Waals surface area contributed by atoms with Crippen molar-refractivity contribution in [3.05, 3.63) is 65.7 Å². The van der Waals surface area contributed by atoms with Crippen LogP contribution in [0.4, 0.5) is 5.69 Å². The number of hydrogen-bond acceptors (Lipinski definition) is 3. The van der Waals surface area contributed by atoms with E-state index in [9.17, 15) is 13.2 Å². The van der Waals surface area contributed by atoms with E-state index in [0.717, 1.165) is 24.0 Å². The maximum atomic E-state index is 12.6. The molecule has 6 heteroatoms. The van der Waals surface area contributed by atoms with Crippen molar-refractivity contribution in [2.24, 2.45) is 0 Å². The standard InChI is InChI=1S/C20H22N2O3S/c1-16-7-9-17(10-8-16)11-12-20(23)21-18-5-4-6-19(15-18)26(24,25)22-13-2-3-14-22/h4-12,15H,2-3,13-14H2,1H3,(H,21,23)/b12-11+. The Hall–Kier alpha value is -2.44. The fourth-order valence-corrected chi connectivity index (χ4v) is 4.41. The number of aryl methyl sites for hydroxylation is 1. The van der Waals surface area contributed by atoms with E-state index < -0.39 is 10.0 Å². The van der Waals surface area contributed by atoms with Crippen molar-refractivity contribution in [1.29, 1.82) is 0 Å². The molecule has 1 amide bonds. The number of benzene rings is 2. The first-order valence-corrected chi connectivity index (χ1v) is 10.1. The van der Waals surface area contributed by atoms with Gasteiger partial charge in [0.2, 0.25) is 15.9 Å². The summed E-state index contributed by atoms with van der Waals surface area (Å²) in [6.45, 7) is 3.11. The maximum absolute atomic E-state index is 12.6. The van der Waals surface area contributed by atoms with Gasteiger partial charge in [-0.15, -0.1) is 0 Å². The van der Waals surface area contributed by atoms with Crippen molar-refractivity contribution in [3.63, 3.8) is 0 Å². The molecule has 1 saturated heterocycles. The summed E-state index contributed by atoms with van der Waals surface area (Å²) in [7, 11) is -3.49. The van der Waals surface area contributed by atoms with Crippen LogP contribution in [-0.4, -0.2) is 31.7 Å². The van der Waals surface area contributed by atoms with Gasteiger partial charge < -0.3 is 5.32 Å². The second-order valence-electron chi connectivity index (χ2n) is 6.37. The molecule has 0 atom stereocenters. The number of sulfonamides is 1. The van der Waals surface area contributed by atoms with E-state index in [1.807, 2.05) is 31.2 Å². The summed E-state index contributed by atoms with van der Waals surface area (Å²) in [5, 5.41) is 2.72. The van der Waals surface area contributed by atoms with Crippen LogP contribution in [0.3, 0.4) is 0 Å². The second-order valence-corrected chi connectivity index (χ2v) is 8.31. The number of hydrogen-bond donors (Lipinski definition) is 1. The quantitative estimate of drug-likeness (QED) is 0.820. The molecule has 1 aliphatic rings. The molecule has 1 heterocycles. The Labute approximate surface area is 154 Å². The molecule has 0 unspecified atom stereocenters. The number of carbonyl (C=O) groups excluding carboxylic acids is 1. The Morgan fingerprint density at radius 2 is 1.77 bits per heavy atom. The van der Waals surface area contributed by atoms with Gasteiger partial charge >= 0.3 is 0 Å². The first kappa shape index (κ1) is 18.4. The highest BCUT2D eigenvalue weighted by molar-refractivity contribution is 7.89. The minimum Gasteiger partial charge on any atom is -0.322 e. The van der Waals surface area contributed by atoms with Gasteiger partial charge in [0, 0.05) is 24.9 Å². The summed E-state index contributed by atoms with van der Waals surface area (Å²) in [6.07, 6.45) is 4.94. The molecule has 0 radical (unpaired) electrons. The number of anilines is 1. The predicted molar refractivity (Wildman–Crippen MR) is 103 cm³/mol. The van der Waals surface area contributed by atoms with Crippen molar-refractivity contribution >= 4 is 27.7 Å². The van der Waals surface area contributed by atoms with E-state index in [1.54, 1.807) is 24.3 Å². The van der Waals surface area contributed by atoms with Crippen LogP contribution < -0.4 is 5.32 Å². The maximum Gasteiger partial charge on any atom is 0.248 e. The van der Waals surface area contributed by atoms with Gasteiger partial charge in [0.15, 0.2) is 0 Å². The molecule has 0 spiro atoms. The minimum atomic E-state index is -3.49. The molecule has 1 fully saturated rings. The number of rotatable bonds is 5. The zero-order valence-corrected chi connectivity index (χ0v) is 15.5. The third kappa shape index (κ3) is 4.39. The van der Waals surface area contributed by atoms with Crippen molar-refractivity contribution in [1.82, 2.24) is 4.31 Å². The second kappa shape index (κ2) is 7.85. The first-order valence-electron chi connectivity index (χ1n) is 8.61. The summed E-state index contributed by atoms with van der Waals surface area (Å²) >= 11 is 0. The van der Waals surface area contributed by atoms with E-state index in [-0.39, 0.29) is 10.8 Å². The van der Waals surface area contributed by atoms with Crippen LogP contribution in [0, 0.1) is 6.92 Å². The average Bonchev–Trinajstić information content (AvgIpc) is 3.17. The normalized spacial score (nSPS) is 15.4. The zero-order chi connectivity index (χ0) is 18.6. The largest absolute Gasteiger partial charge is 0.322 e. The molecule has 0 saturated carbocycles. The van der Waals surface area contributed by atoms with Crippen LogP contribution in [0.1, 0.15) is 24.0 Å². The van der Waals surface area contributed by atoms with Crippen LogP contribution in [0.5, 0.6) is 0 Å². The zero-order valence-electron chi connectivity index (χ0n) is 14.7. The summed E-state index contributed by atoms with van der Waals surface area (Å²) in [5.41, 5.74) is 2.54. The lowest BCUT2D eigenvalue weighted by Gasteiger charge is -2.16. The summed E-state index contributed by atoms with van der Waals surface area (Å²) in [6, 6.07) is 14.2. The van der Waals surface area contributed by atoms with Gasteiger partial charge in [-0.25, -0.2) is 8.42 Å². The van der Waals surface area contributed by atoms with Crippen molar-refractivity contribution in [3.8, 4) is 0 Å². The molecule has 5 nitrogen and oxygen atoms in total. The molecule has 26 heavy (non-hydrogen) atoms. The highest BCUT2D eigenvalue weighted by atomic mass is 32.2. The molecule has 3 rings (SSSR count). The molecule has 136 valence electrons. The number of nitrogens with one attached hydrogen (secondary N) is 1. The Morgan fingerprint density at radius 1 is 1.08 bits per heavy atom. The van der Waals surface area contributed by atoms with E-state index in [2.05, 4.69) is 5.32 Å². The lowest BCUT2D eigenvalue weighted by Crippen LogP contribution is -2.27. The van der Waals surface area contributed by atoms with Crippen molar-refractivity contribution in [2.75, 3.05) is 18.4 Å². The van der Waals surface area contributed by atoms with Crippen LogP contribution in [-0.2, 0) is 14.8 Å². The lowest BCUT2D eigenvalue weighted by molar-refractivity contribution is -0.111. The fourth-order valence-electron chi connectivity index (χ4n) is 2.85. The first-order chi connectivity index (χ1) is 12.4. The molecule has 0 aromatic heterocycles. The molecule has 1 aliphatic heterocycles. The summed E-state index contributed by atoms with van der Waals surface area (Å²) in [5.74, 6) is -0.304. The van der Waals surface area contributed by atoms with Gasteiger partial charge in [-0.2, -0.15) is 4.31 Å². The van der Waals surface area contributed by atoms with E-state index >= 15 is 0 Å². The lowest BCUT2D eigenvalue weighted by atomic mass is 10.1. The highest BCUT2D eigenvalue weighted by Gasteiger charge is 2.27. The van der Waals surface area contributed by atoms with Gasteiger partial charge in [0.25, 0.3) is 0 Å². The monoisotopic (exact) mass is 370 g/mol. The molecule has 0 aliphatic carbocycles.